The molecular formula is C12H14N2O2. The minimum Gasteiger partial charge on any atom is -0.497 e. The van der Waals surface area contributed by atoms with Gasteiger partial charge in [0, 0.05) is 18.2 Å². The van der Waals surface area contributed by atoms with Crippen molar-refractivity contribution in [3.8, 4) is 5.75 Å². The number of Topliss-reactive ketones (excluding diaryl/α,β-unsaturated/α-hetero) is 1. The van der Waals surface area contributed by atoms with Gasteiger partial charge in [-0.2, -0.15) is 5.10 Å². The maximum atomic E-state index is 11.9. The fraction of sp³-hybridized carbons (Fsp3) is 0.333. The number of methoxy groups -OCH3 is 1. The zero-order valence-electron chi connectivity index (χ0n) is 9.60. The molecule has 0 aromatic carbocycles. The number of hydrogen-bond donors (Lipinski definition) is 0. The second kappa shape index (κ2) is 3.96. The first-order valence-electron chi connectivity index (χ1n) is 5.19. The molecule has 0 aliphatic rings. The number of fused-ring (bicyclic) bond motifs is 1. The van der Waals surface area contributed by atoms with Gasteiger partial charge in [0.2, 0.25) is 0 Å². The van der Waals surface area contributed by atoms with Gasteiger partial charge in [-0.05, 0) is 6.07 Å². The first-order chi connectivity index (χ1) is 7.63. The lowest BCUT2D eigenvalue weighted by Gasteiger charge is -2.03. The van der Waals surface area contributed by atoms with Crippen molar-refractivity contribution < 1.29 is 9.53 Å². The molecule has 0 unspecified atom stereocenters. The highest BCUT2D eigenvalue weighted by Gasteiger charge is 2.16. The molecule has 2 aromatic rings. The summed E-state index contributed by atoms with van der Waals surface area (Å²) in [5.74, 6) is 0.799. The van der Waals surface area contributed by atoms with Gasteiger partial charge in [-0.3, -0.25) is 4.79 Å². The number of carbonyl (C=O) groups is 1. The Morgan fingerprint density at radius 1 is 1.50 bits per heavy atom. The van der Waals surface area contributed by atoms with E-state index in [2.05, 4.69) is 5.10 Å². The van der Waals surface area contributed by atoms with Crippen LogP contribution in [-0.2, 0) is 0 Å². The molecule has 0 saturated carbocycles. The molecule has 0 spiro atoms. The molecule has 2 heterocycles. The van der Waals surface area contributed by atoms with E-state index in [1.54, 1.807) is 24.0 Å². The minimum absolute atomic E-state index is 0.0285. The molecule has 0 atom stereocenters. The summed E-state index contributed by atoms with van der Waals surface area (Å²) >= 11 is 0. The molecule has 16 heavy (non-hydrogen) atoms. The molecule has 4 nitrogen and oxygen atoms in total. The van der Waals surface area contributed by atoms with Gasteiger partial charge in [-0.25, -0.2) is 4.52 Å². The summed E-state index contributed by atoms with van der Waals surface area (Å²) in [6.07, 6.45) is 3.39. The third kappa shape index (κ3) is 1.66. The third-order valence-corrected chi connectivity index (χ3v) is 2.52. The van der Waals surface area contributed by atoms with Gasteiger partial charge >= 0.3 is 0 Å². The topological polar surface area (TPSA) is 43.6 Å². The van der Waals surface area contributed by atoms with Crippen LogP contribution in [-0.4, -0.2) is 22.5 Å². The smallest absolute Gasteiger partial charge is 0.169 e. The molecule has 0 amide bonds. The lowest BCUT2D eigenvalue weighted by molar-refractivity contribution is 0.0941. The maximum absolute atomic E-state index is 11.9. The summed E-state index contributed by atoms with van der Waals surface area (Å²) in [6.45, 7) is 3.76. The van der Waals surface area contributed by atoms with Gasteiger partial charge < -0.3 is 4.74 Å². The van der Waals surface area contributed by atoms with Gasteiger partial charge in [0.05, 0.1) is 24.4 Å². The Hall–Kier alpha value is -1.84. The van der Waals surface area contributed by atoms with E-state index in [9.17, 15) is 4.79 Å². The number of rotatable bonds is 3. The average Bonchev–Trinajstić information content (AvgIpc) is 2.70. The van der Waals surface area contributed by atoms with Crippen LogP contribution in [0.4, 0.5) is 0 Å². The molecular weight excluding hydrogens is 204 g/mol. The van der Waals surface area contributed by atoms with E-state index in [4.69, 9.17) is 4.74 Å². The molecule has 0 radical (unpaired) electrons. The molecule has 0 saturated heterocycles. The van der Waals surface area contributed by atoms with Crippen LogP contribution in [0.5, 0.6) is 5.75 Å². The van der Waals surface area contributed by atoms with Crippen LogP contribution in [0.3, 0.4) is 0 Å². The molecule has 84 valence electrons. The van der Waals surface area contributed by atoms with Crippen molar-refractivity contribution in [3.05, 3.63) is 30.1 Å². The Balaban J connectivity index is 2.58. The van der Waals surface area contributed by atoms with Crippen LogP contribution in [0.25, 0.3) is 5.52 Å². The molecule has 4 heteroatoms. The summed E-state index contributed by atoms with van der Waals surface area (Å²) in [7, 11) is 1.60. The monoisotopic (exact) mass is 218 g/mol. The van der Waals surface area contributed by atoms with E-state index in [0.29, 0.717) is 5.56 Å². The summed E-state index contributed by atoms with van der Waals surface area (Å²) < 4.78 is 6.81. The van der Waals surface area contributed by atoms with Crippen LogP contribution in [0.15, 0.2) is 24.5 Å². The average molecular weight is 218 g/mol. The predicted molar refractivity (Wildman–Crippen MR) is 60.9 cm³/mol. The number of aromatic nitrogens is 2. The standard InChI is InChI=1S/C12H14N2O2/c1-8(2)12(15)10-7-13-14-5-4-9(16-3)6-11(10)14/h4-8H,1-3H3. The Bertz CT molecular complexity index is 529. The second-order valence-corrected chi connectivity index (χ2v) is 3.97. The SMILES string of the molecule is COc1ccn2ncc(C(=O)C(C)C)c2c1. The van der Waals surface area contributed by atoms with Crippen LogP contribution in [0.1, 0.15) is 24.2 Å². The van der Waals surface area contributed by atoms with E-state index in [1.807, 2.05) is 26.0 Å². The van der Waals surface area contributed by atoms with Gasteiger partial charge in [-0.15, -0.1) is 0 Å². The summed E-state index contributed by atoms with van der Waals surface area (Å²) in [6, 6.07) is 3.63. The molecule has 0 fully saturated rings. The number of nitrogens with zero attached hydrogens (tertiary/aromatic N) is 2. The van der Waals surface area contributed by atoms with Crippen molar-refractivity contribution in [2.75, 3.05) is 7.11 Å². The highest BCUT2D eigenvalue weighted by Crippen LogP contribution is 2.19. The molecule has 0 bridgehead atoms. The van der Waals surface area contributed by atoms with Gasteiger partial charge in [0.25, 0.3) is 0 Å². The third-order valence-electron chi connectivity index (χ3n) is 2.52. The zero-order chi connectivity index (χ0) is 11.7. The normalized spacial score (nSPS) is 11.0. The van der Waals surface area contributed by atoms with Crippen molar-refractivity contribution in [2.24, 2.45) is 5.92 Å². The van der Waals surface area contributed by atoms with Crippen molar-refractivity contribution in [3.63, 3.8) is 0 Å². The van der Waals surface area contributed by atoms with Gasteiger partial charge in [-0.1, -0.05) is 13.8 Å². The quantitative estimate of drug-likeness (QED) is 0.742. The Morgan fingerprint density at radius 3 is 2.88 bits per heavy atom. The molecule has 0 aliphatic heterocycles. The van der Waals surface area contributed by atoms with E-state index in [1.165, 1.54) is 0 Å². The van der Waals surface area contributed by atoms with E-state index in [0.717, 1.165) is 11.3 Å². The van der Waals surface area contributed by atoms with Crippen LogP contribution >= 0.6 is 0 Å². The Morgan fingerprint density at radius 2 is 2.25 bits per heavy atom. The first-order valence-corrected chi connectivity index (χ1v) is 5.19. The lowest BCUT2D eigenvalue weighted by atomic mass is 10.0. The number of carbonyl (C=O) groups excluding carboxylic acids is 1. The largest absolute Gasteiger partial charge is 0.497 e. The van der Waals surface area contributed by atoms with Crippen molar-refractivity contribution >= 4 is 11.3 Å². The van der Waals surface area contributed by atoms with E-state index >= 15 is 0 Å². The zero-order valence-corrected chi connectivity index (χ0v) is 9.60. The summed E-state index contributed by atoms with van der Waals surface area (Å²) in [5.41, 5.74) is 1.44. The maximum Gasteiger partial charge on any atom is 0.169 e. The number of ether oxygens (including phenoxy) is 1. The fourth-order valence-electron chi connectivity index (χ4n) is 1.59. The van der Waals surface area contributed by atoms with Crippen molar-refractivity contribution in [2.45, 2.75) is 13.8 Å². The fourth-order valence-corrected chi connectivity index (χ4v) is 1.59. The summed E-state index contributed by atoms with van der Waals surface area (Å²) in [4.78, 5) is 11.9. The van der Waals surface area contributed by atoms with Gasteiger partial charge in [0.15, 0.2) is 5.78 Å². The Labute approximate surface area is 93.8 Å². The first kappa shape index (κ1) is 10.7. The second-order valence-electron chi connectivity index (χ2n) is 3.97. The molecule has 0 aliphatic carbocycles. The highest BCUT2D eigenvalue weighted by molar-refractivity contribution is 6.03. The van der Waals surface area contributed by atoms with E-state index in [-0.39, 0.29) is 11.7 Å². The number of hydrogen-bond acceptors (Lipinski definition) is 3. The molecule has 2 rings (SSSR count). The van der Waals surface area contributed by atoms with Crippen LogP contribution in [0, 0.1) is 5.92 Å². The lowest BCUT2D eigenvalue weighted by Crippen LogP contribution is -2.06. The summed E-state index contributed by atoms with van der Waals surface area (Å²) in [5, 5.41) is 4.14. The highest BCUT2D eigenvalue weighted by atomic mass is 16.5. The molecule has 0 N–H and O–H groups in total. The van der Waals surface area contributed by atoms with Crippen LogP contribution in [0.2, 0.25) is 0 Å². The van der Waals surface area contributed by atoms with Crippen LogP contribution < -0.4 is 4.74 Å². The predicted octanol–water partition coefficient (Wildman–Crippen LogP) is 2.18. The van der Waals surface area contributed by atoms with Crippen molar-refractivity contribution in [1.29, 1.82) is 0 Å². The van der Waals surface area contributed by atoms with Crippen molar-refractivity contribution in [1.82, 2.24) is 9.61 Å². The van der Waals surface area contributed by atoms with Gasteiger partial charge in [0.1, 0.15) is 5.75 Å². The molecule has 2 aromatic heterocycles. The minimum atomic E-state index is -0.0285. The van der Waals surface area contributed by atoms with E-state index < -0.39 is 0 Å². The number of pyridine rings is 1. The Kier molecular flexibility index (Phi) is 2.64. The number of ketones is 1.